The van der Waals surface area contributed by atoms with Crippen LogP contribution in [0.1, 0.15) is 35.5 Å². The van der Waals surface area contributed by atoms with Gasteiger partial charge in [0.1, 0.15) is 5.82 Å². The zero-order valence-corrected chi connectivity index (χ0v) is 16.3. The number of hydrogen-bond acceptors (Lipinski definition) is 6. The second-order valence-corrected chi connectivity index (χ2v) is 6.24. The molecule has 2 N–H and O–H groups in total. The van der Waals surface area contributed by atoms with Gasteiger partial charge < -0.3 is 15.4 Å². The first-order valence-corrected chi connectivity index (χ1v) is 9.34. The van der Waals surface area contributed by atoms with Crippen molar-refractivity contribution in [3.63, 3.8) is 0 Å². The normalized spacial score (nSPS) is 10.4. The molecule has 0 bridgehead atoms. The molecule has 3 rings (SSSR count). The monoisotopic (exact) mass is 376 g/mol. The molecule has 0 saturated carbocycles. The summed E-state index contributed by atoms with van der Waals surface area (Å²) in [6.07, 6.45) is 0.910. The second-order valence-electron chi connectivity index (χ2n) is 6.24. The molecule has 0 unspecified atom stereocenters. The predicted molar refractivity (Wildman–Crippen MR) is 112 cm³/mol. The smallest absolute Gasteiger partial charge is 0.340 e. The fourth-order valence-electron chi connectivity index (χ4n) is 2.88. The van der Waals surface area contributed by atoms with E-state index >= 15 is 0 Å². The lowest BCUT2D eigenvalue weighted by Crippen LogP contribution is -2.09. The van der Waals surface area contributed by atoms with Crippen LogP contribution in [0.15, 0.2) is 54.6 Å². The van der Waals surface area contributed by atoms with Gasteiger partial charge in [-0.2, -0.15) is 4.98 Å². The molecule has 0 atom stereocenters. The van der Waals surface area contributed by atoms with Gasteiger partial charge in [-0.1, -0.05) is 37.3 Å². The summed E-state index contributed by atoms with van der Waals surface area (Å²) in [6.45, 7) is 6.12. The highest BCUT2D eigenvalue weighted by molar-refractivity contribution is 5.96. The highest BCUT2D eigenvalue weighted by atomic mass is 16.5. The van der Waals surface area contributed by atoms with Crippen LogP contribution in [0, 0.1) is 6.92 Å². The molecule has 0 radical (unpaired) electrons. The van der Waals surface area contributed by atoms with Crippen molar-refractivity contribution in [2.75, 3.05) is 17.2 Å². The summed E-state index contributed by atoms with van der Waals surface area (Å²) in [4.78, 5) is 21.2. The third-order valence-corrected chi connectivity index (χ3v) is 4.18. The van der Waals surface area contributed by atoms with E-state index in [-0.39, 0.29) is 5.97 Å². The number of ether oxygens (including phenoxy) is 1. The minimum absolute atomic E-state index is 0.324. The molecule has 144 valence electrons. The molecule has 1 heterocycles. The van der Waals surface area contributed by atoms with Crippen molar-refractivity contribution in [1.82, 2.24) is 9.97 Å². The lowest BCUT2D eigenvalue weighted by atomic mass is 10.1. The highest BCUT2D eigenvalue weighted by Gasteiger charge is 2.13. The van der Waals surface area contributed by atoms with Gasteiger partial charge in [0.05, 0.1) is 17.9 Å². The van der Waals surface area contributed by atoms with Gasteiger partial charge >= 0.3 is 5.97 Å². The molecule has 0 aliphatic heterocycles. The summed E-state index contributed by atoms with van der Waals surface area (Å²) in [7, 11) is 0. The van der Waals surface area contributed by atoms with Crippen molar-refractivity contribution in [2.45, 2.75) is 27.2 Å². The van der Waals surface area contributed by atoms with Crippen molar-refractivity contribution in [3.8, 4) is 0 Å². The fraction of sp³-hybridized carbons (Fsp3) is 0.227. The Morgan fingerprint density at radius 2 is 1.68 bits per heavy atom. The molecule has 0 aliphatic rings. The van der Waals surface area contributed by atoms with Crippen LogP contribution in [0.25, 0.3) is 0 Å². The van der Waals surface area contributed by atoms with Gasteiger partial charge in [-0.15, -0.1) is 0 Å². The van der Waals surface area contributed by atoms with E-state index in [1.807, 2.05) is 43.3 Å². The van der Waals surface area contributed by atoms with Crippen LogP contribution < -0.4 is 10.6 Å². The molecule has 0 fully saturated rings. The van der Waals surface area contributed by atoms with E-state index in [0.717, 1.165) is 17.8 Å². The largest absolute Gasteiger partial charge is 0.462 e. The summed E-state index contributed by atoms with van der Waals surface area (Å²) in [5.74, 6) is 0.726. The predicted octanol–water partition coefficient (Wildman–Crippen LogP) is 5.01. The minimum atomic E-state index is -0.369. The number of hydrogen-bond donors (Lipinski definition) is 2. The molecular formula is C22H24N4O2. The number of carbonyl (C=O) groups excluding carboxylic acids is 1. The summed E-state index contributed by atoms with van der Waals surface area (Å²) in [5.41, 5.74) is 4.08. The first-order valence-electron chi connectivity index (χ1n) is 9.34. The van der Waals surface area contributed by atoms with Crippen LogP contribution in [-0.2, 0) is 11.2 Å². The Labute approximate surface area is 165 Å². The Hall–Kier alpha value is -3.41. The molecule has 0 saturated heterocycles. The Morgan fingerprint density at radius 1 is 0.964 bits per heavy atom. The Bertz CT molecular complexity index is 972. The maximum Gasteiger partial charge on any atom is 0.340 e. The Kier molecular flexibility index (Phi) is 6.22. The van der Waals surface area contributed by atoms with Gasteiger partial charge in [-0.25, -0.2) is 9.78 Å². The first-order chi connectivity index (χ1) is 13.6. The lowest BCUT2D eigenvalue weighted by molar-refractivity contribution is 0.0527. The van der Waals surface area contributed by atoms with E-state index in [2.05, 4.69) is 33.6 Å². The zero-order chi connectivity index (χ0) is 19.9. The molecule has 6 heteroatoms. The van der Waals surface area contributed by atoms with Crippen LogP contribution >= 0.6 is 0 Å². The van der Waals surface area contributed by atoms with Crippen molar-refractivity contribution in [2.24, 2.45) is 0 Å². The molecule has 2 aromatic carbocycles. The first kappa shape index (κ1) is 19.4. The number of nitrogens with one attached hydrogen (secondary N) is 2. The number of nitrogens with zero attached hydrogens (tertiary/aromatic N) is 2. The molecule has 3 aromatic rings. The standard InChI is InChI=1S/C22H24N4O2/c1-4-16-10-6-8-12-18(16)25-22-23-15(3)14-20(26-22)24-19-13-9-7-11-17(19)21(27)28-5-2/h6-14H,4-5H2,1-3H3,(H2,23,24,25,26). The van der Waals surface area contributed by atoms with E-state index in [9.17, 15) is 4.79 Å². The van der Waals surface area contributed by atoms with Crippen molar-refractivity contribution in [1.29, 1.82) is 0 Å². The van der Waals surface area contributed by atoms with Gasteiger partial charge in [-0.05, 0) is 44.0 Å². The summed E-state index contributed by atoms with van der Waals surface area (Å²) in [6, 6.07) is 17.1. The van der Waals surface area contributed by atoms with Crippen molar-refractivity contribution in [3.05, 3.63) is 71.4 Å². The van der Waals surface area contributed by atoms with Gasteiger partial charge in [0.15, 0.2) is 0 Å². The molecule has 0 amide bonds. The minimum Gasteiger partial charge on any atom is -0.462 e. The number of aromatic nitrogens is 2. The van der Waals surface area contributed by atoms with Crippen LogP contribution in [0.3, 0.4) is 0 Å². The molecule has 6 nitrogen and oxygen atoms in total. The van der Waals surface area contributed by atoms with Crippen LogP contribution in [0.4, 0.5) is 23.1 Å². The third-order valence-electron chi connectivity index (χ3n) is 4.18. The zero-order valence-electron chi connectivity index (χ0n) is 16.3. The molecule has 1 aromatic heterocycles. The topological polar surface area (TPSA) is 76.1 Å². The van der Waals surface area contributed by atoms with Gasteiger partial charge in [-0.3, -0.25) is 0 Å². The van der Waals surface area contributed by atoms with E-state index in [0.29, 0.717) is 29.6 Å². The molecule has 0 aliphatic carbocycles. The lowest BCUT2D eigenvalue weighted by Gasteiger charge is -2.13. The van der Waals surface area contributed by atoms with E-state index in [1.165, 1.54) is 5.56 Å². The molecular weight excluding hydrogens is 352 g/mol. The van der Waals surface area contributed by atoms with E-state index in [1.54, 1.807) is 19.1 Å². The number of carbonyl (C=O) groups is 1. The van der Waals surface area contributed by atoms with Crippen LogP contribution in [-0.4, -0.2) is 22.5 Å². The Balaban J connectivity index is 1.88. The quantitative estimate of drug-likeness (QED) is 0.565. The van der Waals surface area contributed by atoms with E-state index < -0.39 is 0 Å². The molecule has 0 spiro atoms. The summed E-state index contributed by atoms with van der Waals surface area (Å²) in [5, 5.41) is 6.51. The number of para-hydroxylation sites is 2. The maximum absolute atomic E-state index is 12.2. The SMILES string of the molecule is CCOC(=O)c1ccccc1Nc1cc(C)nc(Nc2ccccc2CC)n1. The molecule has 28 heavy (non-hydrogen) atoms. The van der Waals surface area contributed by atoms with Crippen molar-refractivity contribution < 1.29 is 9.53 Å². The van der Waals surface area contributed by atoms with Gasteiger partial charge in [0.25, 0.3) is 0 Å². The third kappa shape index (κ3) is 4.65. The average Bonchev–Trinajstić information content (AvgIpc) is 2.68. The van der Waals surface area contributed by atoms with Crippen LogP contribution in [0.5, 0.6) is 0 Å². The van der Waals surface area contributed by atoms with Crippen LogP contribution in [0.2, 0.25) is 0 Å². The van der Waals surface area contributed by atoms with Crippen molar-refractivity contribution >= 4 is 29.1 Å². The average molecular weight is 376 g/mol. The number of esters is 1. The second kappa shape index (κ2) is 8.99. The number of anilines is 4. The number of rotatable bonds is 7. The van der Waals surface area contributed by atoms with E-state index in [4.69, 9.17) is 4.74 Å². The van der Waals surface area contributed by atoms with Gasteiger partial charge in [0, 0.05) is 17.4 Å². The fourth-order valence-corrected chi connectivity index (χ4v) is 2.88. The maximum atomic E-state index is 12.2. The Morgan fingerprint density at radius 3 is 2.43 bits per heavy atom. The summed E-state index contributed by atoms with van der Waals surface area (Å²) < 4.78 is 5.13. The number of aryl methyl sites for hydroxylation is 2. The highest BCUT2D eigenvalue weighted by Crippen LogP contribution is 2.24. The number of benzene rings is 2. The summed E-state index contributed by atoms with van der Waals surface area (Å²) >= 11 is 0. The van der Waals surface area contributed by atoms with Gasteiger partial charge in [0.2, 0.25) is 5.95 Å².